The maximum atomic E-state index is 11.2. The van der Waals surface area contributed by atoms with Crippen LogP contribution in [0.4, 0.5) is 0 Å². The Morgan fingerprint density at radius 1 is 1.12 bits per heavy atom. The number of rotatable bonds is 11. The number of benzene rings is 2. The van der Waals surface area contributed by atoms with E-state index in [1.807, 2.05) is 18.2 Å². The molecule has 1 unspecified atom stereocenters. The topological polar surface area (TPSA) is 151 Å². The van der Waals surface area contributed by atoms with Crippen LogP contribution in [0.25, 0.3) is 11.3 Å². The molecule has 0 radical (unpaired) electrons. The summed E-state index contributed by atoms with van der Waals surface area (Å²) in [6.45, 7) is 1.17. The molecule has 33 heavy (non-hydrogen) atoms. The first-order chi connectivity index (χ1) is 16.0. The smallest absolute Gasteiger partial charge is 0.252 e. The molecule has 1 atom stereocenters. The quantitative estimate of drug-likeness (QED) is 0.324. The van der Waals surface area contributed by atoms with Crippen LogP contribution in [0.15, 0.2) is 60.8 Å². The summed E-state index contributed by atoms with van der Waals surface area (Å²) in [6, 6.07) is 17.1. The van der Waals surface area contributed by atoms with Gasteiger partial charge < -0.3 is 30.7 Å². The lowest BCUT2D eigenvalue weighted by Gasteiger charge is -2.14. The van der Waals surface area contributed by atoms with Crippen LogP contribution >= 0.6 is 0 Å². The lowest BCUT2D eigenvalue weighted by atomic mass is 10.1. The summed E-state index contributed by atoms with van der Waals surface area (Å²) in [5.41, 5.74) is 7.34. The molecule has 170 valence electrons. The summed E-state index contributed by atoms with van der Waals surface area (Å²) in [7, 11) is 0. The van der Waals surface area contributed by atoms with E-state index in [1.54, 1.807) is 24.3 Å². The second-order valence-corrected chi connectivity index (χ2v) is 7.13. The van der Waals surface area contributed by atoms with Gasteiger partial charge in [-0.3, -0.25) is 9.78 Å². The van der Waals surface area contributed by atoms with Crippen molar-refractivity contribution in [1.29, 1.82) is 5.26 Å². The zero-order chi connectivity index (χ0) is 23.6. The van der Waals surface area contributed by atoms with Crippen LogP contribution in [-0.2, 0) is 0 Å². The second-order valence-electron chi connectivity index (χ2n) is 7.13. The van der Waals surface area contributed by atoms with Crippen LogP contribution in [-0.4, -0.2) is 53.5 Å². The van der Waals surface area contributed by atoms with Gasteiger partial charge in [0.2, 0.25) is 0 Å². The number of aliphatic hydroxyl groups excluding tert-OH is 1. The Morgan fingerprint density at radius 2 is 1.88 bits per heavy atom. The number of aromatic nitrogens is 1. The molecule has 0 spiro atoms. The first-order valence-corrected chi connectivity index (χ1v) is 10.2. The zero-order valence-electron chi connectivity index (χ0n) is 17.8. The first kappa shape index (κ1) is 23.5. The standard InChI is InChI=1S/C24H24N4O5/c25-12-16-1-7-22(28-13-16)17-2-4-19(5-3-17)33-15-18(29)14-27-9-10-32-20-6-8-23(30)21(11-20)24(26)31/h1-8,11,13,18,27,29-30H,9-10,14-15H2,(H2,26,31). The van der Waals surface area contributed by atoms with Crippen LogP contribution in [0.5, 0.6) is 17.2 Å². The minimum atomic E-state index is -0.736. The first-order valence-electron chi connectivity index (χ1n) is 10.2. The lowest BCUT2D eigenvalue weighted by Crippen LogP contribution is -2.33. The zero-order valence-corrected chi connectivity index (χ0v) is 17.8. The summed E-state index contributed by atoms with van der Waals surface area (Å²) in [4.78, 5) is 15.5. The maximum Gasteiger partial charge on any atom is 0.252 e. The number of primary amides is 1. The molecule has 1 aromatic heterocycles. The predicted molar refractivity (Wildman–Crippen MR) is 121 cm³/mol. The van der Waals surface area contributed by atoms with E-state index in [0.717, 1.165) is 11.3 Å². The van der Waals surface area contributed by atoms with Crippen molar-refractivity contribution in [3.05, 3.63) is 71.9 Å². The Kier molecular flexibility index (Phi) is 8.18. The van der Waals surface area contributed by atoms with E-state index in [4.69, 9.17) is 20.5 Å². The minimum Gasteiger partial charge on any atom is -0.507 e. The monoisotopic (exact) mass is 448 g/mol. The number of carbonyl (C=O) groups excluding carboxylic acids is 1. The molecule has 0 fully saturated rings. The van der Waals surface area contributed by atoms with E-state index >= 15 is 0 Å². The fourth-order valence-corrected chi connectivity index (χ4v) is 2.92. The van der Waals surface area contributed by atoms with E-state index in [9.17, 15) is 15.0 Å². The highest BCUT2D eigenvalue weighted by atomic mass is 16.5. The summed E-state index contributed by atoms with van der Waals surface area (Å²) in [5, 5.41) is 31.6. The molecule has 1 amide bonds. The summed E-state index contributed by atoms with van der Waals surface area (Å²) >= 11 is 0. The number of phenols is 1. The Labute approximate surface area is 191 Å². The number of ether oxygens (including phenoxy) is 2. The van der Waals surface area contributed by atoms with Crippen LogP contribution in [0.1, 0.15) is 15.9 Å². The summed E-state index contributed by atoms with van der Waals surface area (Å²) in [5.74, 6) is 0.0933. The average molecular weight is 448 g/mol. The molecule has 0 aliphatic carbocycles. The Hall–Kier alpha value is -4.13. The van der Waals surface area contributed by atoms with E-state index < -0.39 is 12.0 Å². The molecule has 3 aromatic rings. The van der Waals surface area contributed by atoms with Crippen LogP contribution in [0, 0.1) is 11.3 Å². The van der Waals surface area contributed by atoms with Gasteiger partial charge >= 0.3 is 0 Å². The SMILES string of the molecule is N#Cc1ccc(-c2ccc(OCC(O)CNCCOc3ccc(O)c(C(N)=O)c3)cc2)nc1. The van der Waals surface area contributed by atoms with E-state index in [1.165, 1.54) is 24.4 Å². The minimum absolute atomic E-state index is 0.00534. The molecule has 0 saturated carbocycles. The third kappa shape index (κ3) is 6.93. The summed E-state index contributed by atoms with van der Waals surface area (Å²) < 4.78 is 11.1. The van der Waals surface area contributed by atoms with Crippen molar-refractivity contribution in [2.45, 2.75) is 6.10 Å². The van der Waals surface area contributed by atoms with E-state index in [0.29, 0.717) is 36.8 Å². The van der Waals surface area contributed by atoms with Gasteiger partial charge in [-0.1, -0.05) is 0 Å². The van der Waals surface area contributed by atoms with Crippen molar-refractivity contribution >= 4 is 5.91 Å². The Balaban J connectivity index is 1.36. The number of aliphatic hydroxyl groups is 1. The number of amides is 1. The van der Waals surface area contributed by atoms with E-state index in [2.05, 4.69) is 10.3 Å². The average Bonchev–Trinajstić information content (AvgIpc) is 2.83. The molecule has 9 nitrogen and oxygen atoms in total. The number of carbonyl (C=O) groups is 1. The number of nitriles is 1. The number of nitrogens with two attached hydrogens (primary N) is 1. The lowest BCUT2D eigenvalue weighted by molar-refractivity contribution is 0.0996. The number of nitrogens with one attached hydrogen (secondary N) is 1. The number of hydrogen-bond acceptors (Lipinski definition) is 8. The molecule has 9 heteroatoms. The molecule has 0 aliphatic rings. The third-order valence-corrected chi connectivity index (χ3v) is 4.65. The molecular formula is C24H24N4O5. The van der Waals surface area contributed by atoms with Crippen LogP contribution < -0.4 is 20.5 Å². The van der Waals surface area contributed by atoms with E-state index in [-0.39, 0.29) is 17.9 Å². The van der Waals surface area contributed by atoms with Gasteiger partial charge in [0, 0.05) is 24.8 Å². The van der Waals surface area contributed by atoms with Crippen molar-refractivity contribution < 1.29 is 24.5 Å². The van der Waals surface area contributed by atoms with Crippen LogP contribution in [0.2, 0.25) is 0 Å². The van der Waals surface area contributed by atoms with Gasteiger partial charge in [-0.25, -0.2) is 0 Å². The maximum absolute atomic E-state index is 11.2. The normalized spacial score (nSPS) is 11.4. The summed E-state index contributed by atoms with van der Waals surface area (Å²) in [6.07, 6.45) is 0.803. The number of nitrogens with zero attached hydrogens (tertiary/aromatic N) is 2. The van der Waals surface area contributed by atoms with Crippen molar-refractivity contribution in [2.24, 2.45) is 5.73 Å². The van der Waals surface area contributed by atoms with Gasteiger partial charge in [0.05, 0.1) is 16.8 Å². The molecular weight excluding hydrogens is 424 g/mol. The largest absolute Gasteiger partial charge is 0.507 e. The predicted octanol–water partition coefficient (Wildman–Crippen LogP) is 1.83. The fourth-order valence-electron chi connectivity index (χ4n) is 2.92. The van der Waals surface area contributed by atoms with Crippen molar-refractivity contribution in [3.8, 4) is 34.6 Å². The molecule has 2 aromatic carbocycles. The third-order valence-electron chi connectivity index (χ3n) is 4.65. The number of aromatic hydroxyl groups is 1. The highest BCUT2D eigenvalue weighted by Crippen LogP contribution is 2.23. The van der Waals surface area contributed by atoms with Crippen molar-refractivity contribution in [3.63, 3.8) is 0 Å². The molecule has 0 aliphatic heterocycles. The molecule has 0 saturated heterocycles. The molecule has 0 bridgehead atoms. The van der Waals surface area contributed by atoms with Gasteiger partial charge in [0.1, 0.15) is 42.6 Å². The number of hydrogen-bond donors (Lipinski definition) is 4. The van der Waals surface area contributed by atoms with Crippen molar-refractivity contribution in [2.75, 3.05) is 26.3 Å². The van der Waals surface area contributed by atoms with Crippen LogP contribution in [0.3, 0.4) is 0 Å². The highest BCUT2D eigenvalue weighted by Gasteiger charge is 2.09. The molecule has 1 heterocycles. The van der Waals surface area contributed by atoms with Gasteiger partial charge in [-0.05, 0) is 54.6 Å². The van der Waals surface area contributed by atoms with Gasteiger partial charge in [0.25, 0.3) is 5.91 Å². The highest BCUT2D eigenvalue weighted by molar-refractivity contribution is 5.95. The number of pyridine rings is 1. The van der Waals surface area contributed by atoms with Gasteiger partial charge in [-0.2, -0.15) is 5.26 Å². The van der Waals surface area contributed by atoms with Crippen molar-refractivity contribution in [1.82, 2.24) is 10.3 Å². The Bertz CT molecular complexity index is 1110. The molecule has 3 rings (SSSR count). The van der Waals surface area contributed by atoms with Gasteiger partial charge in [-0.15, -0.1) is 0 Å². The Morgan fingerprint density at radius 3 is 2.55 bits per heavy atom. The molecule has 5 N–H and O–H groups in total. The van der Waals surface area contributed by atoms with Gasteiger partial charge in [0.15, 0.2) is 0 Å². The second kappa shape index (κ2) is 11.5. The fraction of sp³-hybridized carbons (Fsp3) is 0.208.